The van der Waals surface area contributed by atoms with Crippen molar-refractivity contribution in [2.24, 2.45) is 0 Å². The summed E-state index contributed by atoms with van der Waals surface area (Å²) in [5, 5.41) is 13.1. The molecule has 0 amide bonds. The largest absolute Gasteiger partial charge is 0.491 e. The van der Waals surface area contributed by atoms with E-state index in [4.69, 9.17) is 4.74 Å². The third-order valence-electron chi connectivity index (χ3n) is 3.32. The summed E-state index contributed by atoms with van der Waals surface area (Å²) in [7, 11) is 0. The number of aliphatic hydroxyl groups is 1. The summed E-state index contributed by atoms with van der Waals surface area (Å²) in [5.74, 6) is 0.371. The number of nitrogens with one attached hydrogen (secondary N) is 1. The summed E-state index contributed by atoms with van der Waals surface area (Å²) in [6, 6.07) is 9.00. The quantitative estimate of drug-likeness (QED) is 0.825. The Hall–Kier alpha value is -1.98. The van der Waals surface area contributed by atoms with Gasteiger partial charge in [-0.2, -0.15) is 0 Å². The number of hydrogen-bond donors (Lipinski definition) is 2. The van der Waals surface area contributed by atoms with Crippen LogP contribution in [0.3, 0.4) is 0 Å². The van der Waals surface area contributed by atoms with Crippen LogP contribution in [0.25, 0.3) is 0 Å². The van der Waals surface area contributed by atoms with Gasteiger partial charge in [-0.05, 0) is 43.2 Å². The van der Waals surface area contributed by atoms with Gasteiger partial charge in [0, 0.05) is 18.8 Å². The van der Waals surface area contributed by atoms with Crippen LogP contribution in [-0.2, 0) is 0 Å². The first-order chi connectivity index (χ1) is 10.5. The Balaban J connectivity index is 1.76. The molecule has 0 unspecified atom stereocenters. The zero-order chi connectivity index (χ0) is 15.9. The maximum absolute atomic E-state index is 13.1. The molecular weight excluding hydrogens is 283 g/mol. The minimum absolute atomic E-state index is 0.100. The van der Waals surface area contributed by atoms with E-state index in [1.807, 2.05) is 38.1 Å². The summed E-state index contributed by atoms with van der Waals surface area (Å²) in [6.07, 6.45) is 2.13. The molecule has 22 heavy (non-hydrogen) atoms. The van der Waals surface area contributed by atoms with Gasteiger partial charge in [0.1, 0.15) is 24.3 Å². The summed E-state index contributed by atoms with van der Waals surface area (Å²) in [4.78, 5) is 3.81. The second-order valence-electron chi connectivity index (χ2n) is 5.35. The normalized spacial score (nSPS) is 13.6. The van der Waals surface area contributed by atoms with Crippen LogP contribution in [0, 0.1) is 12.7 Å². The van der Waals surface area contributed by atoms with Crippen LogP contribution in [0.1, 0.15) is 24.1 Å². The topological polar surface area (TPSA) is 54.4 Å². The minimum Gasteiger partial charge on any atom is -0.491 e. The lowest BCUT2D eigenvalue weighted by Gasteiger charge is -2.18. The zero-order valence-corrected chi connectivity index (χ0v) is 12.8. The van der Waals surface area contributed by atoms with Crippen molar-refractivity contribution in [1.82, 2.24) is 10.3 Å². The fourth-order valence-electron chi connectivity index (χ4n) is 2.05. The molecule has 0 aliphatic rings. The van der Waals surface area contributed by atoms with E-state index in [0.717, 1.165) is 16.9 Å². The molecule has 0 spiro atoms. The van der Waals surface area contributed by atoms with Crippen molar-refractivity contribution in [3.8, 4) is 5.75 Å². The van der Waals surface area contributed by atoms with Crippen LogP contribution in [0.2, 0.25) is 0 Å². The lowest BCUT2D eigenvalue weighted by molar-refractivity contribution is 0.104. The second-order valence-corrected chi connectivity index (χ2v) is 5.35. The molecule has 0 aliphatic heterocycles. The maximum atomic E-state index is 13.1. The summed E-state index contributed by atoms with van der Waals surface area (Å²) in [6.45, 7) is 4.43. The van der Waals surface area contributed by atoms with E-state index in [1.165, 1.54) is 12.3 Å². The Morgan fingerprint density at radius 3 is 2.86 bits per heavy atom. The number of aromatic nitrogens is 1. The average molecular weight is 304 g/mol. The van der Waals surface area contributed by atoms with Gasteiger partial charge in [-0.1, -0.05) is 12.1 Å². The average Bonchev–Trinajstić information content (AvgIpc) is 2.50. The van der Waals surface area contributed by atoms with Crippen molar-refractivity contribution < 1.29 is 14.2 Å². The van der Waals surface area contributed by atoms with E-state index in [9.17, 15) is 9.50 Å². The molecule has 0 radical (unpaired) electrons. The van der Waals surface area contributed by atoms with E-state index in [-0.39, 0.29) is 18.5 Å². The van der Waals surface area contributed by atoms with Gasteiger partial charge in [0.2, 0.25) is 0 Å². The van der Waals surface area contributed by atoms with E-state index >= 15 is 0 Å². The van der Waals surface area contributed by atoms with E-state index in [2.05, 4.69) is 10.3 Å². The number of pyridine rings is 1. The first-order valence-electron chi connectivity index (χ1n) is 7.26. The molecule has 5 heteroatoms. The standard InChI is InChI=1S/C17H21FN2O2/c1-12-4-3-5-17(6-12)22-11-16(21)10-20-13(2)14-7-15(18)9-19-8-14/h3-9,13,16,20-21H,10-11H2,1-2H3/t13-,16+/m1/s1. The molecule has 2 atom stereocenters. The Bertz CT molecular complexity index is 607. The van der Waals surface area contributed by atoms with Gasteiger partial charge in [0.05, 0.1) is 6.20 Å². The Morgan fingerprint density at radius 1 is 1.32 bits per heavy atom. The molecule has 2 N–H and O–H groups in total. The monoisotopic (exact) mass is 304 g/mol. The molecule has 118 valence electrons. The molecule has 1 heterocycles. The molecule has 0 bridgehead atoms. The predicted octanol–water partition coefficient (Wildman–Crippen LogP) is 2.62. The van der Waals surface area contributed by atoms with Crippen LogP contribution in [0.5, 0.6) is 5.75 Å². The fourth-order valence-corrected chi connectivity index (χ4v) is 2.05. The highest BCUT2D eigenvalue weighted by Crippen LogP contribution is 2.13. The molecule has 0 saturated heterocycles. The number of halogens is 1. The number of nitrogens with zero attached hydrogens (tertiary/aromatic N) is 1. The van der Waals surface area contributed by atoms with Gasteiger partial charge < -0.3 is 15.2 Å². The molecule has 2 rings (SSSR count). The number of aliphatic hydroxyl groups excluding tert-OH is 1. The number of ether oxygens (including phenoxy) is 1. The van der Waals surface area contributed by atoms with E-state index < -0.39 is 6.10 Å². The molecule has 0 aliphatic carbocycles. The fraction of sp³-hybridized carbons (Fsp3) is 0.353. The molecule has 1 aromatic carbocycles. The van der Waals surface area contributed by atoms with Crippen molar-refractivity contribution in [3.63, 3.8) is 0 Å². The van der Waals surface area contributed by atoms with Crippen LogP contribution in [0.4, 0.5) is 4.39 Å². The minimum atomic E-state index is -0.649. The highest BCUT2D eigenvalue weighted by Gasteiger charge is 2.10. The molecule has 0 saturated carbocycles. The third-order valence-corrected chi connectivity index (χ3v) is 3.32. The van der Waals surface area contributed by atoms with Crippen molar-refractivity contribution in [1.29, 1.82) is 0 Å². The summed E-state index contributed by atoms with van der Waals surface area (Å²) >= 11 is 0. The van der Waals surface area contributed by atoms with Crippen molar-refractivity contribution in [3.05, 3.63) is 59.7 Å². The van der Waals surface area contributed by atoms with E-state index in [0.29, 0.717) is 6.54 Å². The van der Waals surface area contributed by atoms with E-state index in [1.54, 1.807) is 6.20 Å². The van der Waals surface area contributed by atoms with Gasteiger partial charge in [-0.25, -0.2) is 4.39 Å². The number of hydrogen-bond acceptors (Lipinski definition) is 4. The molecule has 0 fully saturated rings. The number of aryl methyl sites for hydroxylation is 1. The van der Waals surface area contributed by atoms with Gasteiger partial charge in [0.25, 0.3) is 0 Å². The SMILES string of the molecule is Cc1cccc(OC[C@@H](O)CN[C@H](C)c2cncc(F)c2)c1. The Morgan fingerprint density at radius 2 is 2.14 bits per heavy atom. The van der Waals surface area contributed by atoms with Crippen LogP contribution in [-0.4, -0.2) is 29.3 Å². The molecule has 2 aromatic rings. The third kappa shape index (κ3) is 5.09. The zero-order valence-electron chi connectivity index (χ0n) is 12.8. The van der Waals surface area contributed by atoms with Crippen molar-refractivity contribution in [2.45, 2.75) is 26.0 Å². The van der Waals surface area contributed by atoms with Gasteiger partial charge >= 0.3 is 0 Å². The highest BCUT2D eigenvalue weighted by molar-refractivity contribution is 5.27. The smallest absolute Gasteiger partial charge is 0.141 e. The Labute approximate surface area is 130 Å². The number of benzene rings is 1. The first-order valence-corrected chi connectivity index (χ1v) is 7.26. The lowest BCUT2D eigenvalue weighted by atomic mass is 10.1. The number of rotatable bonds is 7. The van der Waals surface area contributed by atoms with Crippen molar-refractivity contribution >= 4 is 0 Å². The first kappa shape index (κ1) is 16.4. The van der Waals surface area contributed by atoms with Crippen molar-refractivity contribution in [2.75, 3.05) is 13.2 Å². The predicted molar refractivity (Wildman–Crippen MR) is 83.3 cm³/mol. The molecule has 4 nitrogen and oxygen atoms in total. The summed E-state index contributed by atoms with van der Waals surface area (Å²) < 4.78 is 18.7. The maximum Gasteiger partial charge on any atom is 0.141 e. The van der Waals surface area contributed by atoms with Gasteiger partial charge in [-0.3, -0.25) is 4.98 Å². The molecule has 1 aromatic heterocycles. The highest BCUT2D eigenvalue weighted by atomic mass is 19.1. The van der Waals surface area contributed by atoms with Crippen LogP contribution >= 0.6 is 0 Å². The molecular formula is C17H21FN2O2. The van der Waals surface area contributed by atoms with Gasteiger partial charge in [-0.15, -0.1) is 0 Å². The van der Waals surface area contributed by atoms with Crippen LogP contribution < -0.4 is 10.1 Å². The van der Waals surface area contributed by atoms with Crippen LogP contribution in [0.15, 0.2) is 42.7 Å². The van der Waals surface area contributed by atoms with Gasteiger partial charge in [0.15, 0.2) is 0 Å². The Kier molecular flexibility index (Phi) is 5.86. The lowest BCUT2D eigenvalue weighted by Crippen LogP contribution is -2.33. The summed E-state index contributed by atoms with van der Waals surface area (Å²) in [5.41, 5.74) is 1.85. The second kappa shape index (κ2) is 7.87.